The van der Waals surface area contributed by atoms with Crippen LogP contribution in [0.4, 0.5) is 0 Å². The summed E-state index contributed by atoms with van der Waals surface area (Å²) < 4.78 is 11.5. The van der Waals surface area contributed by atoms with E-state index in [2.05, 4.69) is 26.1 Å². The average Bonchev–Trinajstić information content (AvgIpc) is 2.56. The Morgan fingerprint density at radius 2 is 1.36 bits per heavy atom. The minimum Gasteiger partial charge on any atom is -0.323 e. The van der Waals surface area contributed by atoms with Crippen molar-refractivity contribution in [2.45, 2.75) is 85.0 Å². The van der Waals surface area contributed by atoms with Crippen molar-refractivity contribution in [3.05, 3.63) is 0 Å². The average molecular weight is 379 g/mol. The molecule has 0 aromatic rings. The lowest BCUT2D eigenvalue weighted by Gasteiger charge is -2.16. The number of hydrogen-bond acceptors (Lipinski definition) is 4. The van der Waals surface area contributed by atoms with Crippen molar-refractivity contribution in [1.29, 1.82) is 0 Å². The monoisotopic (exact) mass is 378 g/mol. The Kier molecular flexibility index (Phi) is 19.8. The number of nitrogens with one attached hydrogen (secondary N) is 1. The van der Waals surface area contributed by atoms with Gasteiger partial charge in [0.05, 0.1) is 13.7 Å². The summed E-state index contributed by atoms with van der Waals surface area (Å²) in [6, 6.07) is 0. The zero-order valence-corrected chi connectivity index (χ0v) is 18.2. The highest BCUT2D eigenvalue weighted by molar-refractivity contribution is 7.62. The van der Waals surface area contributed by atoms with Crippen LogP contribution in [0.2, 0.25) is 0 Å². The highest BCUT2D eigenvalue weighted by Gasteiger charge is 2.12. The van der Waals surface area contributed by atoms with E-state index in [1.165, 1.54) is 51.4 Å². The molecule has 0 aliphatic carbocycles. The van der Waals surface area contributed by atoms with Gasteiger partial charge in [0.1, 0.15) is 0 Å². The molecule has 0 heterocycles. The van der Waals surface area contributed by atoms with E-state index in [1.807, 2.05) is 0 Å². The third-order valence-corrected chi connectivity index (χ3v) is 4.77. The molecule has 0 saturated carbocycles. The predicted octanol–water partition coefficient (Wildman–Crippen LogP) is 5.32. The largest absolute Gasteiger partial charge is 0.323 e. The first-order valence-corrected chi connectivity index (χ1v) is 12.8. The second-order valence-corrected chi connectivity index (χ2v) is 10.6. The summed E-state index contributed by atoms with van der Waals surface area (Å²) in [5.41, 5.74) is 0. The van der Waals surface area contributed by atoms with Crippen LogP contribution in [0.5, 0.6) is 0 Å². The molecule has 0 spiro atoms. The summed E-state index contributed by atoms with van der Waals surface area (Å²) in [4.78, 5) is 11.6. The maximum atomic E-state index is 11.6. The maximum absolute atomic E-state index is 11.6. The van der Waals surface area contributed by atoms with E-state index >= 15 is 0 Å². The molecule has 0 aromatic carbocycles. The van der Waals surface area contributed by atoms with Crippen LogP contribution >= 0.6 is 7.14 Å². The third-order valence-electron chi connectivity index (χ3n) is 3.78. The molecule has 152 valence electrons. The quantitative estimate of drug-likeness (QED) is 0.186. The number of nitrogens with zero attached hydrogens (tertiary/aromatic N) is 1. The Hall–Kier alpha value is -0.380. The van der Waals surface area contributed by atoms with Gasteiger partial charge in [0, 0.05) is 12.8 Å². The lowest BCUT2D eigenvalue weighted by molar-refractivity contribution is -0.164. The van der Waals surface area contributed by atoms with Gasteiger partial charge in [-0.1, -0.05) is 78.6 Å². The van der Waals surface area contributed by atoms with E-state index in [0.29, 0.717) is 12.8 Å². The fourth-order valence-corrected chi connectivity index (χ4v) is 2.69. The molecule has 0 rings (SSSR count). The minimum atomic E-state index is -2.16. The van der Waals surface area contributed by atoms with Crippen molar-refractivity contribution in [3.63, 3.8) is 0 Å². The number of carbonyl (C=O) groups excluding carboxylic acids is 1. The van der Waals surface area contributed by atoms with Gasteiger partial charge in [-0.05, 0) is 19.8 Å². The van der Waals surface area contributed by atoms with Crippen LogP contribution in [0.25, 0.3) is 0 Å². The standard InChI is InChI=1S/C15H33N2O3P.C4H10/c1-4-5-6-7-8-9-10-11-12-17(19)15(18)13-16-14-21(2,3)20;1-3-4-2/h16,19H,4-14H2,1-3H3;3-4H2,1-2H3. The Bertz CT molecular complexity index is 344. The third kappa shape index (κ3) is 23.6. The van der Waals surface area contributed by atoms with E-state index in [0.717, 1.165) is 17.9 Å². The molecular formula is C19H43N2O3P. The maximum Gasteiger partial charge on any atom is 0.259 e. The molecule has 5 nitrogen and oxygen atoms in total. The van der Waals surface area contributed by atoms with Gasteiger partial charge in [0.2, 0.25) is 0 Å². The van der Waals surface area contributed by atoms with Crippen molar-refractivity contribution in [1.82, 2.24) is 10.4 Å². The van der Waals surface area contributed by atoms with Gasteiger partial charge in [-0.3, -0.25) is 10.0 Å². The van der Waals surface area contributed by atoms with Gasteiger partial charge in [0.25, 0.3) is 5.91 Å². The first-order valence-electron chi connectivity index (χ1n) is 10.0. The van der Waals surface area contributed by atoms with Crippen LogP contribution in [-0.4, -0.2) is 48.9 Å². The van der Waals surface area contributed by atoms with Crippen molar-refractivity contribution in [2.75, 3.05) is 32.7 Å². The summed E-state index contributed by atoms with van der Waals surface area (Å²) in [7, 11) is -2.16. The predicted molar refractivity (Wildman–Crippen MR) is 109 cm³/mol. The van der Waals surface area contributed by atoms with Crippen LogP contribution in [-0.2, 0) is 9.36 Å². The summed E-state index contributed by atoms with van der Waals surface area (Å²) >= 11 is 0. The van der Waals surface area contributed by atoms with Gasteiger partial charge in [0.15, 0.2) is 0 Å². The number of carbonyl (C=O) groups is 1. The van der Waals surface area contributed by atoms with Gasteiger partial charge < -0.3 is 9.88 Å². The molecule has 0 aliphatic heterocycles. The van der Waals surface area contributed by atoms with Crippen LogP contribution in [0.1, 0.15) is 85.0 Å². The Morgan fingerprint density at radius 3 is 1.80 bits per heavy atom. The second-order valence-electron chi connectivity index (χ2n) is 7.15. The van der Waals surface area contributed by atoms with E-state index in [-0.39, 0.29) is 12.5 Å². The van der Waals surface area contributed by atoms with Crippen molar-refractivity contribution >= 4 is 13.0 Å². The van der Waals surface area contributed by atoms with Gasteiger partial charge in [-0.15, -0.1) is 0 Å². The zero-order valence-electron chi connectivity index (χ0n) is 17.4. The van der Waals surface area contributed by atoms with Crippen LogP contribution in [0, 0.1) is 0 Å². The molecular weight excluding hydrogens is 335 g/mol. The van der Waals surface area contributed by atoms with E-state index in [1.54, 1.807) is 13.3 Å². The Morgan fingerprint density at radius 1 is 0.880 bits per heavy atom. The van der Waals surface area contributed by atoms with E-state index < -0.39 is 7.14 Å². The normalized spacial score (nSPS) is 11.0. The zero-order chi connectivity index (χ0) is 19.6. The molecule has 0 aliphatic rings. The Labute approximate surface area is 156 Å². The minimum absolute atomic E-state index is 0.0409. The molecule has 0 unspecified atom stereocenters. The number of unbranched alkanes of at least 4 members (excludes halogenated alkanes) is 8. The van der Waals surface area contributed by atoms with Crippen molar-refractivity contribution in [3.8, 4) is 0 Å². The highest BCUT2D eigenvalue weighted by atomic mass is 31.2. The molecule has 0 radical (unpaired) electrons. The van der Waals surface area contributed by atoms with Crippen molar-refractivity contribution < 1.29 is 14.6 Å². The number of hydroxylamine groups is 2. The summed E-state index contributed by atoms with van der Waals surface area (Å²) in [5.74, 6) is -0.355. The molecule has 0 atom stereocenters. The molecule has 0 aromatic heterocycles. The van der Waals surface area contributed by atoms with E-state index in [4.69, 9.17) is 0 Å². The fourth-order valence-electron chi connectivity index (χ4n) is 2.04. The first-order chi connectivity index (χ1) is 11.8. The summed E-state index contributed by atoms with van der Waals surface area (Å²) in [5, 5.41) is 13.2. The summed E-state index contributed by atoms with van der Waals surface area (Å²) in [6.07, 6.45) is 12.4. The van der Waals surface area contributed by atoms with Gasteiger partial charge in [-0.2, -0.15) is 0 Å². The second kappa shape index (κ2) is 18.4. The molecule has 1 amide bonds. The topological polar surface area (TPSA) is 69.6 Å². The molecule has 25 heavy (non-hydrogen) atoms. The van der Waals surface area contributed by atoms with Crippen molar-refractivity contribution in [2.24, 2.45) is 0 Å². The molecule has 0 bridgehead atoms. The lowest BCUT2D eigenvalue weighted by atomic mass is 10.1. The molecule has 6 heteroatoms. The fraction of sp³-hybridized carbons (Fsp3) is 0.947. The van der Waals surface area contributed by atoms with Crippen LogP contribution in [0.15, 0.2) is 0 Å². The van der Waals surface area contributed by atoms with Crippen LogP contribution in [0.3, 0.4) is 0 Å². The van der Waals surface area contributed by atoms with E-state index in [9.17, 15) is 14.6 Å². The molecule has 0 saturated heterocycles. The SMILES string of the molecule is CCCC.CCCCCCCCCCN(O)C(=O)CNCP(C)(C)=O. The Balaban J connectivity index is 0. The summed E-state index contributed by atoms with van der Waals surface area (Å²) in [6.45, 7) is 10.3. The van der Waals surface area contributed by atoms with Gasteiger partial charge >= 0.3 is 0 Å². The first kappa shape index (κ1) is 26.8. The lowest BCUT2D eigenvalue weighted by Crippen LogP contribution is -2.36. The number of hydrogen-bond donors (Lipinski definition) is 2. The number of amides is 1. The number of rotatable bonds is 14. The van der Waals surface area contributed by atoms with Gasteiger partial charge in [-0.25, -0.2) is 5.06 Å². The molecule has 0 fully saturated rings. The molecule has 2 N–H and O–H groups in total. The highest BCUT2D eigenvalue weighted by Crippen LogP contribution is 2.33. The smallest absolute Gasteiger partial charge is 0.259 e. The van der Waals surface area contributed by atoms with Crippen LogP contribution < -0.4 is 5.32 Å².